The molecule has 2 rings (SSSR count). The lowest BCUT2D eigenvalue weighted by molar-refractivity contribution is 0.183. The maximum absolute atomic E-state index is 5.40. The van der Waals surface area contributed by atoms with Gasteiger partial charge in [-0.05, 0) is 18.4 Å². The Morgan fingerprint density at radius 3 is 3.00 bits per heavy atom. The number of ether oxygens (including phenoxy) is 1. The van der Waals surface area contributed by atoms with Gasteiger partial charge in [0.15, 0.2) is 0 Å². The number of hydrogen-bond acceptors (Lipinski definition) is 7. The highest BCUT2D eigenvalue weighted by atomic mass is 32.1. The maximum Gasteiger partial charge on any atom is 0.240 e. The summed E-state index contributed by atoms with van der Waals surface area (Å²) in [5.74, 6) is 6.69. The van der Waals surface area contributed by atoms with Crippen LogP contribution < -0.4 is 16.2 Å². The predicted molar refractivity (Wildman–Crippen MR) is 75.0 cm³/mol. The highest BCUT2D eigenvalue weighted by Gasteiger charge is 2.16. The number of rotatable bonds is 5. The van der Waals surface area contributed by atoms with Crippen LogP contribution in [0.3, 0.4) is 0 Å². The van der Waals surface area contributed by atoms with Crippen LogP contribution in [-0.4, -0.2) is 36.8 Å². The van der Waals surface area contributed by atoms with E-state index in [1.165, 1.54) is 0 Å². The predicted octanol–water partition coefficient (Wildman–Crippen LogP) is 1.45. The number of nitrogens with one attached hydrogen (secondary N) is 1. The Labute approximate surface area is 110 Å². The van der Waals surface area contributed by atoms with Gasteiger partial charge in [0.1, 0.15) is 10.6 Å². The fourth-order valence-corrected chi connectivity index (χ4v) is 2.49. The average molecular weight is 267 g/mol. The molecule has 0 saturated heterocycles. The van der Waals surface area contributed by atoms with E-state index in [1.54, 1.807) is 18.4 Å². The summed E-state index contributed by atoms with van der Waals surface area (Å²) in [6, 6.07) is 2.24. The van der Waals surface area contributed by atoms with Gasteiger partial charge in [-0.15, -0.1) is 11.3 Å². The van der Waals surface area contributed by atoms with Crippen molar-refractivity contribution in [1.82, 2.24) is 9.97 Å². The van der Waals surface area contributed by atoms with Crippen molar-refractivity contribution in [3.8, 4) is 0 Å². The SMILES string of the molecule is COCC(C)N(C)c1nc(NN)nc2sccc12. The standard InChI is InChI=1S/C11H17N5OS/c1-7(6-17-3)16(2)9-8-4-5-18-10(8)14-11(13-9)15-12/h4-5,7H,6,12H2,1-3H3,(H,13,14,15). The molecule has 0 aliphatic carbocycles. The molecule has 0 aliphatic heterocycles. The molecule has 1 unspecified atom stereocenters. The summed E-state index contributed by atoms with van der Waals surface area (Å²) in [4.78, 5) is 11.7. The van der Waals surface area contributed by atoms with Crippen LogP contribution in [0.5, 0.6) is 0 Å². The van der Waals surface area contributed by atoms with Gasteiger partial charge in [-0.3, -0.25) is 5.43 Å². The second kappa shape index (κ2) is 5.47. The van der Waals surface area contributed by atoms with Crippen LogP contribution in [0.1, 0.15) is 6.92 Å². The molecular weight excluding hydrogens is 250 g/mol. The van der Waals surface area contributed by atoms with E-state index in [4.69, 9.17) is 10.6 Å². The van der Waals surface area contributed by atoms with Gasteiger partial charge in [0.05, 0.1) is 18.0 Å². The summed E-state index contributed by atoms with van der Waals surface area (Å²) in [5.41, 5.74) is 2.50. The van der Waals surface area contributed by atoms with E-state index in [1.807, 2.05) is 18.5 Å². The minimum atomic E-state index is 0.221. The molecule has 7 heteroatoms. The molecule has 0 bridgehead atoms. The lowest BCUT2D eigenvalue weighted by Crippen LogP contribution is -2.33. The molecule has 2 aromatic rings. The van der Waals surface area contributed by atoms with Gasteiger partial charge in [-0.1, -0.05) is 0 Å². The second-order valence-electron chi connectivity index (χ2n) is 4.07. The van der Waals surface area contributed by atoms with Crippen LogP contribution in [0.25, 0.3) is 10.2 Å². The van der Waals surface area contributed by atoms with Crippen molar-refractivity contribution in [1.29, 1.82) is 0 Å². The third-order valence-corrected chi connectivity index (χ3v) is 3.64. The molecule has 3 N–H and O–H groups in total. The molecule has 18 heavy (non-hydrogen) atoms. The van der Waals surface area contributed by atoms with Crippen molar-refractivity contribution in [3.63, 3.8) is 0 Å². The summed E-state index contributed by atoms with van der Waals surface area (Å²) >= 11 is 1.57. The van der Waals surface area contributed by atoms with E-state index in [2.05, 4.69) is 27.2 Å². The van der Waals surface area contributed by atoms with Crippen molar-refractivity contribution in [3.05, 3.63) is 11.4 Å². The maximum atomic E-state index is 5.40. The van der Waals surface area contributed by atoms with Gasteiger partial charge < -0.3 is 9.64 Å². The van der Waals surface area contributed by atoms with Gasteiger partial charge >= 0.3 is 0 Å². The van der Waals surface area contributed by atoms with Gasteiger partial charge in [0.2, 0.25) is 5.95 Å². The van der Waals surface area contributed by atoms with Crippen molar-refractivity contribution >= 4 is 33.3 Å². The number of methoxy groups -OCH3 is 1. The topological polar surface area (TPSA) is 76.3 Å². The fraction of sp³-hybridized carbons (Fsp3) is 0.455. The van der Waals surface area contributed by atoms with E-state index in [-0.39, 0.29) is 6.04 Å². The van der Waals surface area contributed by atoms with Crippen LogP contribution in [-0.2, 0) is 4.74 Å². The van der Waals surface area contributed by atoms with Crippen LogP contribution in [0.4, 0.5) is 11.8 Å². The molecule has 0 saturated carbocycles. The Bertz CT molecular complexity index is 529. The first-order chi connectivity index (χ1) is 8.67. The molecular formula is C11H17N5OS. The molecule has 2 heterocycles. The first-order valence-electron chi connectivity index (χ1n) is 5.61. The van der Waals surface area contributed by atoms with Crippen molar-refractivity contribution in [2.75, 3.05) is 31.1 Å². The Morgan fingerprint density at radius 2 is 2.33 bits per heavy atom. The molecule has 0 fully saturated rings. The number of nitrogen functional groups attached to an aromatic ring is 1. The Kier molecular flexibility index (Phi) is 3.95. The zero-order valence-electron chi connectivity index (χ0n) is 10.7. The number of nitrogens with zero attached hydrogens (tertiary/aromatic N) is 3. The largest absolute Gasteiger partial charge is 0.383 e. The molecule has 0 aliphatic rings. The monoisotopic (exact) mass is 267 g/mol. The summed E-state index contributed by atoms with van der Waals surface area (Å²) in [6.07, 6.45) is 0. The molecule has 2 aromatic heterocycles. The Balaban J connectivity index is 2.44. The highest BCUT2D eigenvalue weighted by Crippen LogP contribution is 2.29. The van der Waals surface area contributed by atoms with Crippen LogP contribution in [0.2, 0.25) is 0 Å². The zero-order chi connectivity index (χ0) is 13.1. The average Bonchev–Trinajstić information content (AvgIpc) is 2.84. The quantitative estimate of drug-likeness (QED) is 0.631. The molecule has 0 aromatic carbocycles. The second-order valence-corrected chi connectivity index (χ2v) is 4.96. The highest BCUT2D eigenvalue weighted by molar-refractivity contribution is 7.16. The lowest BCUT2D eigenvalue weighted by Gasteiger charge is -2.26. The van der Waals surface area contributed by atoms with Crippen LogP contribution >= 0.6 is 11.3 Å². The molecule has 0 radical (unpaired) electrons. The molecule has 0 amide bonds. The van der Waals surface area contributed by atoms with Gasteiger partial charge in [0, 0.05) is 14.2 Å². The van der Waals surface area contributed by atoms with Gasteiger partial charge in [-0.2, -0.15) is 4.98 Å². The zero-order valence-corrected chi connectivity index (χ0v) is 11.5. The number of nitrogens with two attached hydrogens (primary N) is 1. The van der Waals surface area contributed by atoms with Crippen LogP contribution in [0, 0.1) is 0 Å². The molecule has 1 atom stereocenters. The minimum absolute atomic E-state index is 0.221. The molecule has 6 nitrogen and oxygen atoms in total. The Hall–Kier alpha value is -1.44. The normalized spacial score (nSPS) is 12.7. The minimum Gasteiger partial charge on any atom is -0.383 e. The number of hydrazine groups is 1. The summed E-state index contributed by atoms with van der Waals surface area (Å²) in [7, 11) is 3.68. The third kappa shape index (κ3) is 2.38. The number of hydrogen-bond donors (Lipinski definition) is 2. The smallest absolute Gasteiger partial charge is 0.240 e. The summed E-state index contributed by atoms with van der Waals surface area (Å²) < 4.78 is 5.17. The Morgan fingerprint density at radius 1 is 1.56 bits per heavy atom. The van der Waals surface area contributed by atoms with E-state index < -0.39 is 0 Å². The molecule has 98 valence electrons. The van der Waals surface area contributed by atoms with E-state index in [0.29, 0.717) is 12.6 Å². The fourth-order valence-electron chi connectivity index (χ4n) is 1.73. The number of fused-ring (bicyclic) bond motifs is 1. The summed E-state index contributed by atoms with van der Waals surface area (Å²) in [6.45, 7) is 2.72. The van der Waals surface area contributed by atoms with Crippen molar-refractivity contribution < 1.29 is 4.74 Å². The van der Waals surface area contributed by atoms with Gasteiger partial charge in [0.25, 0.3) is 0 Å². The van der Waals surface area contributed by atoms with Crippen LogP contribution in [0.15, 0.2) is 11.4 Å². The van der Waals surface area contributed by atoms with Crippen molar-refractivity contribution in [2.24, 2.45) is 5.84 Å². The summed E-state index contributed by atoms with van der Waals surface area (Å²) in [5, 5.41) is 3.03. The molecule has 0 spiro atoms. The first kappa shape index (κ1) is 13.0. The number of anilines is 2. The van der Waals surface area contributed by atoms with E-state index in [9.17, 15) is 0 Å². The lowest BCUT2D eigenvalue weighted by atomic mass is 10.3. The van der Waals surface area contributed by atoms with E-state index in [0.717, 1.165) is 16.0 Å². The number of aromatic nitrogens is 2. The first-order valence-corrected chi connectivity index (χ1v) is 6.49. The van der Waals surface area contributed by atoms with Gasteiger partial charge in [-0.25, -0.2) is 10.8 Å². The van der Waals surface area contributed by atoms with E-state index >= 15 is 0 Å². The third-order valence-electron chi connectivity index (χ3n) is 2.84. The number of thiophene rings is 1. The number of likely N-dealkylation sites (N-methyl/N-ethyl adjacent to an activating group) is 1. The van der Waals surface area contributed by atoms with Crippen molar-refractivity contribution in [2.45, 2.75) is 13.0 Å².